The summed E-state index contributed by atoms with van der Waals surface area (Å²) in [5, 5.41) is 2.72. The number of urea groups is 1. The highest BCUT2D eigenvalue weighted by Crippen LogP contribution is 2.14. The quantitative estimate of drug-likeness (QED) is 0.474. The van der Waals surface area contributed by atoms with Gasteiger partial charge in [-0.25, -0.2) is 4.79 Å². The van der Waals surface area contributed by atoms with Gasteiger partial charge in [-0.1, -0.05) is 38.1 Å². The Hall–Kier alpha value is -2.90. The van der Waals surface area contributed by atoms with Crippen molar-refractivity contribution in [2.24, 2.45) is 0 Å². The number of esters is 1. The molecule has 29 heavy (non-hydrogen) atoms. The smallest absolute Gasteiger partial charge is 0.326 e. The number of ether oxygens (including phenoxy) is 1. The van der Waals surface area contributed by atoms with Gasteiger partial charge in [0.25, 0.3) is 5.91 Å². The van der Waals surface area contributed by atoms with Crippen molar-refractivity contribution in [1.29, 1.82) is 0 Å². The van der Waals surface area contributed by atoms with Crippen LogP contribution in [-0.4, -0.2) is 66.9 Å². The molecule has 1 aromatic rings. The highest BCUT2D eigenvalue weighted by Gasteiger charge is 2.32. The standard InChI is InChI=1S/C21H29N3O5/c1-15(2)17-8-6-16(7-9-17)10-11-22-18(25)14-29-20(27)5-4-12-24-19(26)13-23(3)21(24)28/h6-9,15H,4-5,10-14H2,1-3H3,(H,22,25). The predicted molar refractivity (Wildman–Crippen MR) is 107 cm³/mol. The van der Waals surface area contributed by atoms with Crippen LogP contribution in [0.3, 0.4) is 0 Å². The number of nitrogens with zero attached hydrogens (tertiary/aromatic N) is 2. The first kappa shape index (κ1) is 22.4. The highest BCUT2D eigenvalue weighted by molar-refractivity contribution is 6.01. The molecule has 4 amide bonds. The van der Waals surface area contributed by atoms with E-state index in [0.29, 0.717) is 25.3 Å². The molecule has 1 aliphatic rings. The van der Waals surface area contributed by atoms with Gasteiger partial charge in [-0.2, -0.15) is 0 Å². The highest BCUT2D eigenvalue weighted by atomic mass is 16.5. The normalized spacial score (nSPS) is 13.9. The van der Waals surface area contributed by atoms with E-state index < -0.39 is 5.97 Å². The first-order chi connectivity index (χ1) is 13.8. The first-order valence-electron chi connectivity index (χ1n) is 9.84. The van der Waals surface area contributed by atoms with Crippen molar-refractivity contribution in [3.05, 3.63) is 35.4 Å². The summed E-state index contributed by atoms with van der Waals surface area (Å²) in [4.78, 5) is 49.3. The maximum Gasteiger partial charge on any atom is 0.326 e. The molecule has 0 saturated carbocycles. The maximum absolute atomic E-state index is 11.8. The summed E-state index contributed by atoms with van der Waals surface area (Å²) in [5.41, 5.74) is 2.40. The Balaban J connectivity index is 1.58. The minimum atomic E-state index is -0.531. The van der Waals surface area contributed by atoms with E-state index in [4.69, 9.17) is 4.74 Å². The Morgan fingerprint density at radius 3 is 2.45 bits per heavy atom. The van der Waals surface area contributed by atoms with Gasteiger partial charge in [-0.05, 0) is 29.9 Å². The molecule has 0 spiro atoms. The summed E-state index contributed by atoms with van der Waals surface area (Å²) in [6.45, 7) is 4.63. The van der Waals surface area contributed by atoms with Gasteiger partial charge in [0.2, 0.25) is 5.91 Å². The fourth-order valence-corrected chi connectivity index (χ4v) is 2.96. The van der Waals surface area contributed by atoms with Gasteiger partial charge >= 0.3 is 12.0 Å². The number of hydrogen-bond donors (Lipinski definition) is 1. The average Bonchev–Trinajstić information content (AvgIpc) is 2.92. The predicted octanol–water partition coefficient (Wildman–Crippen LogP) is 1.69. The van der Waals surface area contributed by atoms with Gasteiger partial charge in [0.15, 0.2) is 6.61 Å². The molecule has 1 N–H and O–H groups in total. The van der Waals surface area contributed by atoms with Crippen LogP contribution < -0.4 is 5.32 Å². The number of likely N-dealkylation sites (N-methyl/N-ethyl adjacent to an activating group) is 1. The second-order valence-electron chi connectivity index (χ2n) is 7.44. The number of carbonyl (C=O) groups excluding carboxylic acids is 4. The van der Waals surface area contributed by atoms with Crippen LogP contribution in [0.4, 0.5) is 4.79 Å². The van der Waals surface area contributed by atoms with E-state index in [2.05, 4.69) is 43.4 Å². The van der Waals surface area contributed by atoms with Crippen LogP contribution in [0, 0.1) is 0 Å². The molecule has 1 fully saturated rings. The van der Waals surface area contributed by atoms with Crippen LogP contribution in [0.5, 0.6) is 0 Å². The molecule has 158 valence electrons. The molecule has 0 radical (unpaired) electrons. The van der Waals surface area contributed by atoms with Crippen molar-refractivity contribution < 1.29 is 23.9 Å². The number of carbonyl (C=O) groups is 4. The van der Waals surface area contributed by atoms with Crippen LogP contribution >= 0.6 is 0 Å². The Kier molecular flexibility index (Phi) is 8.18. The van der Waals surface area contributed by atoms with Crippen molar-refractivity contribution >= 4 is 23.8 Å². The van der Waals surface area contributed by atoms with E-state index in [1.807, 2.05) is 0 Å². The summed E-state index contributed by atoms with van der Waals surface area (Å²) in [5.74, 6) is -0.680. The zero-order valence-electron chi connectivity index (χ0n) is 17.3. The van der Waals surface area contributed by atoms with Crippen LogP contribution in [0.1, 0.15) is 43.7 Å². The monoisotopic (exact) mass is 403 g/mol. The second kappa shape index (κ2) is 10.6. The molecule has 0 aliphatic carbocycles. The van der Waals surface area contributed by atoms with Crippen molar-refractivity contribution in [2.75, 3.05) is 33.3 Å². The van der Waals surface area contributed by atoms with Crippen LogP contribution in [0.25, 0.3) is 0 Å². The van der Waals surface area contributed by atoms with Crippen molar-refractivity contribution in [3.8, 4) is 0 Å². The largest absolute Gasteiger partial charge is 0.456 e. The number of nitrogens with one attached hydrogen (secondary N) is 1. The van der Waals surface area contributed by atoms with Gasteiger partial charge in [0.1, 0.15) is 6.54 Å². The third-order valence-corrected chi connectivity index (χ3v) is 4.74. The van der Waals surface area contributed by atoms with Crippen LogP contribution in [0.15, 0.2) is 24.3 Å². The van der Waals surface area contributed by atoms with Gasteiger partial charge in [0.05, 0.1) is 0 Å². The molecule has 1 aromatic carbocycles. The third-order valence-electron chi connectivity index (χ3n) is 4.74. The maximum atomic E-state index is 11.8. The van der Waals surface area contributed by atoms with Gasteiger partial charge < -0.3 is 15.0 Å². The SMILES string of the molecule is CC(C)c1ccc(CCNC(=O)COC(=O)CCCN2C(=O)CN(C)C2=O)cc1. The van der Waals surface area contributed by atoms with Crippen LogP contribution in [0.2, 0.25) is 0 Å². The molecule has 1 aliphatic heterocycles. The zero-order valence-corrected chi connectivity index (χ0v) is 17.3. The number of imide groups is 1. The van der Waals surface area contributed by atoms with Crippen molar-refractivity contribution in [2.45, 2.75) is 39.0 Å². The van der Waals surface area contributed by atoms with Crippen molar-refractivity contribution in [1.82, 2.24) is 15.1 Å². The van der Waals surface area contributed by atoms with E-state index in [1.54, 1.807) is 7.05 Å². The Labute approximate surface area is 171 Å². The number of benzene rings is 1. The van der Waals surface area contributed by atoms with Gasteiger partial charge in [-0.3, -0.25) is 19.3 Å². The molecule has 1 heterocycles. The Morgan fingerprint density at radius 1 is 1.17 bits per heavy atom. The molecule has 2 rings (SSSR count). The molecule has 8 nitrogen and oxygen atoms in total. The van der Waals surface area contributed by atoms with E-state index in [-0.39, 0.29) is 44.0 Å². The third kappa shape index (κ3) is 6.89. The molecular weight excluding hydrogens is 374 g/mol. The van der Waals surface area contributed by atoms with Gasteiger partial charge in [-0.15, -0.1) is 0 Å². The summed E-state index contributed by atoms with van der Waals surface area (Å²) < 4.78 is 4.94. The number of amides is 4. The van der Waals surface area contributed by atoms with Gasteiger partial charge in [0, 0.05) is 26.6 Å². The van der Waals surface area contributed by atoms with Crippen LogP contribution in [-0.2, 0) is 25.5 Å². The molecule has 0 atom stereocenters. The fraction of sp³-hybridized carbons (Fsp3) is 0.524. The number of rotatable bonds is 10. The molecule has 8 heteroatoms. The minimum absolute atomic E-state index is 0.0380. The van der Waals surface area contributed by atoms with E-state index in [1.165, 1.54) is 10.5 Å². The lowest BCUT2D eigenvalue weighted by atomic mass is 10.0. The average molecular weight is 403 g/mol. The first-order valence-corrected chi connectivity index (χ1v) is 9.84. The van der Waals surface area contributed by atoms with E-state index in [9.17, 15) is 19.2 Å². The van der Waals surface area contributed by atoms with Crippen molar-refractivity contribution in [3.63, 3.8) is 0 Å². The zero-order chi connectivity index (χ0) is 21.4. The molecule has 0 unspecified atom stereocenters. The molecule has 0 aromatic heterocycles. The number of hydrogen-bond acceptors (Lipinski definition) is 5. The van der Waals surface area contributed by atoms with E-state index in [0.717, 1.165) is 10.5 Å². The lowest BCUT2D eigenvalue weighted by Crippen LogP contribution is -2.33. The topological polar surface area (TPSA) is 96.0 Å². The fourth-order valence-electron chi connectivity index (χ4n) is 2.96. The lowest BCUT2D eigenvalue weighted by molar-refractivity contribution is -0.148. The minimum Gasteiger partial charge on any atom is -0.456 e. The lowest BCUT2D eigenvalue weighted by Gasteiger charge is -2.13. The summed E-state index contributed by atoms with van der Waals surface area (Å²) in [7, 11) is 1.55. The summed E-state index contributed by atoms with van der Waals surface area (Å²) in [6.07, 6.45) is 1.04. The summed E-state index contributed by atoms with van der Waals surface area (Å²) in [6, 6.07) is 7.92. The Morgan fingerprint density at radius 2 is 1.86 bits per heavy atom. The summed E-state index contributed by atoms with van der Waals surface area (Å²) >= 11 is 0. The molecule has 0 bridgehead atoms. The Bertz CT molecular complexity index is 745. The molecular formula is C21H29N3O5. The second-order valence-corrected chi connectivity index (χ2v) is 7.44. The van der Waals surface area contributed by atoms with E-state index >= 15 is 0 Å². The molecule has 1 saturated heterocycles.